The second kappa shape index (κ2) is 5.32. The lowest BCUT2D eigenvalue weighted by atomic mass is 10.1. The molecule has 3 aromatic rings. The van der Waals surface area contributed by atoms with Crippen molar-refractivity contribution >= 4 is 16.9 Å². The number of aromatic amines is 1. The molecule has 2 heterocycles. The van der Waals surface area contributed by atoms with E-state index in [4.69, 9.17) is 0 Å². The number of H-pyrrole nitrogens is 1. The highest BCUT2D eigenvalue weighted by Crippen LogP contribution is 2.11. The first-order chi connectivity index (χ1) is 10.1. The quantitative estimate of drug-likeness (QED) is 0.768. The van der Waals surface area contributed by atoms with Gasteiger partial charge >= 0.3 is 0 Å². The van der Waals surface area contributed by atoms with Crippen LogP contribution in [0.3, 0.4) is 0 Å². The molecule has 0 unspecified atom stereocenters. The van der Waals surface area contributed by atoms with E-state index in [9.17, 15) is 4.79 Å². The molecular formula is C15H15N5O. The second-order valence-corrected chi connectivity index (χ2v) is 4.97. The molecule has 0 atom stereocenters. The van der Waals surface area contributed by atoms with Gasteiger partial charge in [0.15, 0.2) is 0 Å². The Morgan fingerprint density at radius 1 is 1.10 bits per heavy atom. The summed E-state index contributed by atoms with van der Waals surface area (Å²) in [4.78, 5) is 16.5. The molecule has 0 bridgehead atoms. The van der Waals surface area contributed by atoms with E-state index in [1.807, 2.05) is 26.0 Å². The van der Waals surface area contributed by atoms with Crippen molar-refractivity contribution in [2.45, 2.75) is 20.4 Å². The molecule has 0 spiro atoms. The number of carbonyl (C=O) groups excluding carboxylic acids is 1. The van der Waals surface area contributed by atoms with Gasteiger partial charge in [0.2, 0.25) is 0 Å². The molecule has 21 heavy (non-hydrogen) atoms. The van der Waals surface area contributed by atoms with Gasteiger partial charge in [0, 0.05) is 23.5 Å². The van der Waals surface area contributed by atoms with E-state index in [1.165, 1.54) is 0 Å². The summed E-state index contributed by atoms with van der Waals surface area (Å²) in [5.74, 6) is -0.132. The van der Waals surface area contributed by atoms with E-state index >= 15 is 0 Å². The highest BCUT2D eigenvalue weighted by molar-refractivity contribution is 5.97. The average molecular weight is 281 g/mol. The van der Waals surface area contributed by atoms with Crippen LogP contribution in [0.2, 0.25) is 0 Å². The topological polar surface area (TPSA) is 83.6 Å². The predicted molar refractivity (Wildman–Crippen MR) is 78.8 cm³/mol. The largest absolute Gasteiger partial charge is 0.348 e. The molecule has 0 saturated heterocycles. The minimum absolute atomic E-state index is 0.132. The van der Waals surface area contributed by atoms with Crippen LogP contribution in [0.25, 0.3) is 11.0 Å². The summed E-state index contributed by atoms with van der Waals surface area (Å²) in [6.07, 6.45) is 0. The molecule has 0 radical (unpaired) electrons. The van der Waals surface area contributed by atoms with Gasteiger partial charge in [0.1, 0.15) is 11.0 Å². The van der Waals surface area contributed by atoms with Crippen molar-refractivity contribution in [2.24, 2.45) is 0 Å². The maximum absolute atomic E-state index is 12.2. The number of aromatic nitrogens is 4. The van der Waals surface area contributed by atoms with E-state index in [0.717, 1.165) is 22.5 Å². The van der Waals surface area contributed by atoms with E-state index in [2.05, 4.69) is 25.7 Å². The van der Waals surface area contributed by atoms with Crippen LogP contribution in [-0.4, -0.2) is 26.3 Å². The molecule has 0 aliphatic rings. The summed E-state index contributed by atoms with van der Waals surface area (Å²) >= 11 is 0. The fourth-order valence-electron chi connectivity index (χ4n) is 2.29. The number of fused-ring (bicyclic) bond motifs is 1. The Morgan fingerprint density at radius 3 is 2.57 bits per heavy atom. The molecule has 2 N–H and O–H groups in total. The third-order valence-electron chi connectivity index (χ3n) is 3.17. The molecule has 6 heteroatoms. The highest BCUT2D eigenvalue weighted by Gasteiger charge is 2.08. The first kappa shape index (κ1) is 13.2. The van der Waals surface area contributed by atoms with Gasteiger partial charge in [-0.15, -0.1) is 0 Å². The Labute approximate surface area is 121 Å². The summed E-state index contributed by atoms with van der Waals surface area (Å²) in [6, 6.07) is 9.16. The van der Waals surface area contributed by atoms with Gasteiger partial charge in [-0.3, -0.25) is 9.78 Å². The number of carbonyl (C=O) groups is 1. The zero-order valence-electron chi connectivity index (χ0n) is 11.8. The molecule has 0 aliphatic carbocycles. The predicted octanol–water partition coefficient (Wildman–Crippen LogP) is 1.90. The van der Waals surface area contributed by atoms with Gasteiger partial charge in [-0.25, -0.2) is 0 Å². The molecular weight excluding hydrogens is 266 g/mol. The summed E-state index contributed by atoms with van der Waals surface area (Å²) in [5, 5.41) is 13.4. The Bertz CT molecular complexity index is 788. The van der Waals surface area contributed by atoms with Crippen molar-refractivity contribution in [3.05, 3.63) is 52.8 Å². The van der Waals surface area contributed by atoms with Crippen LogP contribution >= 0.6 is 0 Å². The Kier molecular flexibility index (Phi) is 3.35. The SMILES string of the molecule is Cc1cc(CNC(=O)c2ccc3n[nH]nc3c2)cc(C)n1. The zero-order valence-corrected chi connectivity index (χ0v) is 11.8. The van der Waals surface area contributed by atoms with Crippen molar-refractivity contribution in [3.63, 3.8) is 0 Å². The van der Waals surface area contributed by atoms with Gasteiger partial charge in [-0.05, 0) is 49.7 Å². The molecule has 0 aliphatic heterocycles. The zero-order chi connectivity index (χ0) is 14.8. The van der Waals surface area contributed by atoms with Crippen molar-refractivity contribution in [2.75, 3.05) is 0 Å². The minimum atomic E-state index is -0.132. The second-order valence-electron chi connectivity index (χ2n) is 4.97. The Hall–Kier alpha value is -2.76. The minimum Gasteiger partial charge on any atom is -0.348 e. The lowest BCUT2D eigenvalue weighted by molar-refractivity contribution is 0.0951. The van der Waals surface area contributed by atoms with E-state index < -0.39 is 0 Å². The van der Waals surface area contributed by atoms with Crippen LogP contribution in [0.5, 0.6) is 0 Å². The molecule has 0 saturated carbocycles. The average Bonchev–Trinajstić information content (AvgIpc) is 2.91. The molecule has 2 aromatic heterocycles. The van der Waals surface area contributed by atoms with Crippen molar-refractivity contribution in [1.82, 2.24) is 25.7 Å². The van der Waals surface area contributed by atoms with Crippen molar-refractivity contribution in [3.8, 4) is 0 Å². The number of hydrogen-bond donors (Lipinski definition) is 2. The normalized spacial score (nSPS) is 10.8. The number of benzene rings is 1. The van der Waals surface area contributed by atoms with Gasteiger partial charge in [0.25, 0.3) is 5.91 Å². The first-order valence-corrected chi connectivity index (χ1v) is 6.65. The standard InChI is InChI=1S/C15H15N5O/c1-9-5-11(6-10(2)17-9)8-16-15(21)12-3-4-13-14(7-12)19-20-18-13/h3-7H,8H2,1-2H3,(H,16,21)(H,18,19,20). The van der Waals surface area contributed by atoms with Crippen LogP contribution in [0, 0.1) is 13.8 Å². The number of nitrogens with zero attached hydrogens (tertiary/aromatic N) is 3. The molecule has 1 aromatic carbocycles. The fraction of sp³-hybridized carbons (Fsp3) is 0.200. The smallest absolute Gasteiger partial charge is 0.251 e. The lowest BCUT2D eigenvalue weighted by Crippen LogP contribution is -2.22. The number of rotatable bonds is 3. The van der Waals surface area contributed by atoms with Gasteiger partial charge in [0.05, 0.1) is 0 Å². The molecule has 0 fully saturated rings. The summed E-state index contributed by atoms with van der Waals surface area (Å²) in [6.45, 7) is 4.35. The van der Waals surface area contributed by atoms with Gasteiger partial charge in [-0.2, -0.15) is 15.4 Å². The molecule has 6 nitrogen and oxygen atoms in total. The first-order valence-electron chi connectivity index (χ1n) is 6.65. The maximum atomic E-state index is 12.2. The van der Waals surface area contributed by atoms with Crippen LogP contribution in [0.15, 0.2) is 30.3 Å². The third-order valence-corrected chi connectivity index (χ3v) is 3.17. The van der Waals surface area contributed by atoms with Crippen LogP contribution in [-0.2, 0) is 6.54 Å². The van der Waals surface area contributed by atoms with Crippen molar-refractivity contribution in [1.29, 1.82) is 0 Å². The Morgan fingerprint density at radius 2 is 1.81 bits per heavy atom. The lowest BCUT2D eigenvalue weighted by Gasteiger charge is -2.07. The van der Waals surface area contributed by atoms with Crippen LogP contribution in [0.4, 0.5) is 0 Å². The maximum Gasteiger partial charge on any atom is 0.251 e. The Balaban J connectivity index is 1.73. The highest BCUT2D eigenvalue weighted by atomic mass is 16.1. The number of hydrogen-bond acceptors (Lipinski definition) is 4. The number of pyridine rings is 1. The van der Waals surface area contributed by atoms with Gasteiger partial charge in [-0.1, -0.05) is 0 Å². The molecule has 3 rings (SSSR count). The summed E-state index contributed by atoms with van der Waals surface area (Å²) in [7, 11) is 0. The monoisotopic (exact) mass is 281 g/mol. The molecule has 1 amide bonds. The summed E-state index contributed by atoms with van der Waals surface area (Å²) < 4.78 is 0. The number of aryl methyl sites for hydroxylation is 2. The van der Waals surface area contributed by atoms with E-state index in [0.29, 0.717) is 17.6 Å². The number of amides is 1. The van der Waals surface area contributed by atoms with Crippen molar-refractivity contribution < 1.29 is 4.79 Å². The van der Waals surface area contributed by atoms with Crippen LogP contribution in [0.1, 0.15) is 27.3 Å². The van der Waals surface area contributed by atoms with E-state index in [-0.39, 0.29) is 5.91 Å². The third kappa shape index (κ3) is 2.89. The fourth-order valence-corrected chi connectivity index (χ4v) is 2.29. The summed E-state index contributed by atoms with van der Waals surface area (Å²) in [5.41, 5.74) is 4.92. The number of nitrogens with one attached hydrogen (secondary N) is 2. The van der Waals surface area contributed by atoms with E-state index in [1.54, 1.807) is 18.2 Å². The molecule has 106 valence electrons. The van der Waals surface area contributed by atoms with Gasteiger partial charge < -0.3 is 5.32 Å². The van der Waals surface area contributed by atoms with Crippen LogP contribution < -0.4 is 5.32 Å².